The van der Waals surface area contributed by atoms with Crippen LogP contribution in [-0.4, -0.2) is 17.6 Å². The molecule has 0 fully saturated rings. The second kappa shape index (κ2) is 7.71. The fourth-order valence-electron chi connectivity index (χ4n) is 2.79. The summed E-state index contributed by atoms with van der Waals surface area (Å²) in [5.41, 5.74) is 10.7. The number of esters is 1. The number of aromatic nitrogens is 1. The summed E-state index contributed by atoms with van der Waals surface area (Å²) in [4.78, 5) is 14.9. The summed E-state index contributed by atoms with van der Waals surface area (Å²) in [6.45, 7) is 2.10. The second-order valence-electron chi connectivity index (χ2n) is 5.91. The van der Waals surface area contributed by atoms with Gasteiger partial charge in [0.1, 0.15) is 11.4 Å². The molecule has 0 saturated carbocycles. The van der Waals surface area contributed by atoms with Gasteiger partial charge in [0, 0.05) is 5.69 Å². The molecule has 0 unspecified atom stereocenters. The van der Waals surface area contributed by atoms with E-state index in [0.717, 1.165) is 24.1 Å². The monoisotopic (exact) mass is 334 g/mol. The average molecular weight is 334 g/mol. The number of nitrogens with one attached hydrogen (secondary N) is 1. The van der Waals surface area contributed by atoms with Crippen LogP contribution >= 0.6 is 0 Å². The van der Waals surface area contributed by atoms with Gasteiger partial charge >= 0.3 is 5.97 Å². The summed E-state index contributed by atoms with van der Waals surface area (Å²) in [5, 5.41) is 0. The number of nitrogen functional groups attached to an aromatic ring is 1. The van der Waals surface area contributed by atoms with Gasteiger partial charge in [0.2, 0.25) is 0 Å². The summed E-state index contributed by atoms with van der Waals surface area (Å²) in [6.07, 6.45) is 2.01. The molecular formula is C21H22N2O2. The van der Waals surface area contributed by atoms with Gasteiger partial charge in [-0.15, -0.1) is 0 Å². The number of carbonyl (C=O) groups excluding carboxylic acids is 1. The van der Waals surface area contributed by atoms with Crippen LogP contribution in [0.15, 0.2) is 60.7 Å². The van der Waals surface area contributed by atoms with E-state index in [-0.39, 0.29) is 0 Å². The van der Waals surface area contributed by atoms with Crippen molar-refractivity contribution in [3.8, 4) is 11.3 Å². The fourth-order valence-corrected chi connectivity index (χ4v) is 2.79. The van der Waals surface area contributed by atoms with E-state index in [1.807, 2.05) is 18.2 Å². The Morgan fingerprint density at radius 2 is 1.64 bits per heavy atom. The number of hydrogen-bond acceptors (Lipinski definition) is 3. The van der Waals surface area contributed by atoms with Gasteiger partial charge in [-0.1, -0.05) is 54.6 Å². The molecule has 3 N–H and O–H groups in total. The van der Waals surface area contributed by atoms with Crippen molar-refractivity contribution in [2.24, 2.45) is 0 Å². The zero-order valence-electron chi connectivity index (χ0n) is 14.3. The number of nitrogens with two attached hydrogens (primary N) is 1. The highest BCUT2D eigenvalue weighted by molar-refractivity contribution is 5.96. The maximum Gasteiger partial charge on any atom is 0.341 e. The van der Waals surface area contributed by atoms with Crippen LogP contribution in [0.3, 0.4) is 0 Å². The van der Waals surface area contributed by atoms with E-state index >= 15 is 0 Å². The molecule has 3 rings (SSSR count). The molecular weight excluding hydrogens is 312 g/mol. The van der Waals surface area contributed by atoms with Crippen molar-refractivity contribution < 1.29 is 9.53 Å². The Morgan fingerprint density at radius 3 is 2.28 bits per heavy atom. The Hall–Kier alpha value is -3.01. The first-order valence-electron chi connectivity index (χ1n) is 8.46. The SMILES string of the molecule is CCOC(=O)c1cc(-c2ccc(CCc3ccccc3)cc2)[nH]c1N. The van der Waals surface area contributed by atoms with E-state index in [0.29, 0.717) is 18.0 Å². The maximum absolute atomic E-state index is 11.9. The van der Waals surface area contributed by atoms with Gasteiger partial charge < -0.3 is 15.5 Å². The highest BCUT2D eigenvalue weighted by Crippen LogP contribution is 2.24. The lowest BCUT2D eigenvalue weighted by molar-refractivity contribution is 0.0528. The quantitative estimate of drug-likeness (QED) is 0.663. The van der Waals surface area contributed by atoms with Crippen LogP contribution in [0.25, 0.3) is 11.3 Å². The molecule has 0 saturated heterocycles. The summed E-state index contributed by atoms with van der Waals surface area (Å²) in [5.74, 6) is -0.0661. The molecule has 0 bridgehead atoms. The van der Waals surface area contributed by atoms with Gasteiger partial charge in [0.25, 0.3) is 0 Å². The molecule has 4 nitrogen and oxygen atoms in total. The predicted molar refractivity (Wildman–Crippen MR) is 100 cm³/mol. The van der Waals surface area contributed by atoms with Crippen molar-refractivity contribution in [1.82, 2.24) is 4.98 Å². The van der Waals surface area contributed by atoms with Crippen LogP contribution < -0.4 is 5.73 Å². The molecule has 0 aliphatic heterocycles. The van der Waals surface area contributed by atoms with Crippen molar-refractivity contribution >= 4 is 11.8 Å². The van der Waals surface area contributed by atoms with Crippen LogP contribution in [0, 0.1) is 0 Å². The number of aryl methyl sites for hydroxylation is 2. The minimum atomic E-state index is -0.401. The molecule has 0 aliphatic rings. The van der Waals surface area contributed by atoms with Crippen LogP contribution in [0.1, 0.15) is 28.4 Å². The van der Waals surface area contributed by atoms with E-state index in [9.17, 15) is 4.79 Å². The molecule has 25 heavy (non-hydrogen) atoms. The molecule has 0 spiro atoms. The standard InChI is InChI=1S/C21H22N2O2/c1-2-25-21(24)18-14-19(23-20(18)22)17-12-10-16(11-13-17)9-8-15-6-4-3-5-7-15/h3-7,10-14,23H,2,8-9,22H2,1H3. The third-order valence-corrected chi connectivity index (χ3v) is 4.15. The summed E-state index contributed by atoms with van der Waals surface area (Å²) >= 11 is 0. The third kappa shape index (κ3) is 4.10. The van der Waals surface area contributed by atoms with E-state index in [1.54, 1.807) is 13.0 Å². The minimum absolute atomic E-state index is 0.328. The zero-order valence-corrected chi connectivity index (χ0v) is 14.3. The summed E-state index contributed by atoms with van der Waals surface area (Å²) in [7, 11) is 0. The molecule has 4 heteroatoms. The fraction of sp³-hybridized carbons (Fsp3) is 0.190. The summed E-state index contributed by atoms with van der Waals surface area (Å²) < 4.78 is 5.01. The van der Waals surface area contributed by atoms with Crippen molar-refractivity contribution in [2.75, 3.05) is 12.3 Å². The maximum atomic E-state index is 11.9. The lowest BCUT2D eigenvalue weighted by atomic mass is 10.0. The third-order valence-electron chi connectivity index (χ3n) is 4.15. The van der Waals surface area contributed by atoms with Crippen molar-refractivity contribution in [3.05, 3.63) is 77.4 Å². The Labute approximate surface area is 147 Å². The van der Waals surface area contributed by atoms with Crippen LogP contribution in [0.2, 0.25) is 0 Å². The number of rotatable bonds is 6. The summed E-state index contributed by atoms with van der Waals surface area (Å²) in [6, 6.07) is 20.5. The van der Waals surface area contributed by atoms with Gasteiger partial charge in [-0.2, -0.15) is 0 Å². The number of ether oxygens (including phenoxy) is 1. The average Bonchev–Trinajstić information content (AvgIpc) is 3.03. The number of H-pyrrole nitrogens is 1. The predicted octanol–water partition coefficient (Wildman–Crippen LogP) is 4.23. The van der Waals surface area contributed by atoms with E-state index in [1.165, 1.54) is 11.1 Å². The van der Waals surface area contributed by atoms with Crippen molar-refractivity contribution in [3.63, 3.8) is 0 Å². The number of aromatic amines is 1. The van der Waals surface area contributed by atoms with E-state index in [4.69, 9.17) is 10.5 Å². The lowest BCUT2D eigenvalue weighted by Gasteiger charge is -2.04. The number of carbonyl (C=O) groups is 1. The molecule has 1 aromatic heterocycles. The number of anilines is 1. The smallest absolute Gasteiger partial charge is 0.341 e. The number of hydrogen-bond donors (Lipinski definition) is 2. The Kier molecular flexibility index (Phi) is 5.19. The Morgan fingerprint density at radius 1 is 1.00 bits per heavy atom. The van der Waals surface area contributed by atoms with Crippen LogP contribution in [-0.2, 0) is 17.6 Å². The first-order valence-corrected chi connectivity index (χ1v) is 8.46. The largest absolute Gasteiger partial charge is 0.462 e. The van der Waals surface area contributed by atoms with Gasteiger partial charge in [-0.25, -0.2) is 4.79 Å². The first-order chi connectivity index (χ1) is 12.2. The van der Waals surface area contributed by atoms with Gasteiger partial charge in [-0.3, -0.25) is 0 Å². The molecule has 0 atom stereocenters. The van der Waals surface area contributed by atoms with E-state index < -0.39 is 5.97 Å². The van der Waals surface area contributed by atoms with Crippen molar-refractivity contribution in [2.45, 2.75) is 19.8 Å². The molecule has 0 aliphatic carbocycles. The molecule has 128 valence electrons. The molecule has 0 radical (unpaired) electrons. The molecule has 2 aromatic carbocycles. The minimum Gasteiger partial charge on any atom is -0.462 e. The highest BCUT2D eigenvalue weighted by atomic mass is 16.5. The van der Waals surface area contributed by atoms with Crippen molar-refractivity contribution in [1.29, 1.82) is 0 Å². The Bertz CT molecular complexity index is 836. The molecule has 1 heterocycles. The highest BCUT2D eigenvalue weighted by Gasteiger charge is 2.15. The normalized spacial score (nSPS) is 10.6. The zero-order chi connectivity index (χ0) is 17.6. The first kappa shape index (κ1) is 16.8. The number of benzene rings is 2. The van der Waals surface area contributed by atoms with Crippen LogP contribution in [0.5, 0.6) is 0 Å². The second-order valence-corrected chi connectivity index (χ2v) is 5.91. The Balaban J connectivity index is 1.70. The van der Waals surface area contributed by atoms with E-state index in [2.05, 4.69) is 41.4 Å². The topological polar surface area (TPSA) is 68.1 Å². The molecule has 0 amide bonds. The van der Waals surface area contributed by atoms with Crippen LogP contribution in [0.4, 0.5) is 5.82 Å². The lowest BCUT2D eigenvalue weighted by Crippen LogP contribution is -2.05. The van der Waals surface area contributed by atoms with Gasteiger partial charge in [-0.05, 0) is 42.5 Å². The molecule has 3 aromatic rings. The van der Waals surface area contributed by atoms with Gasteiger partial charge in [0.05, 0.1) is 6.61 Å². The van der Waals surface area contributed by atoms with Gasteiger partial charge in [0.15, 0.2) is 0 Å².